The molecule has 0 spiro atoms. The molecule has 2 rings (SSSR count). The van der Waals surface area contributed by atoms with Gasteiger partial charge in [-0.1, -0.05) is 0 Å². The molecule has 2 atom stereocenters. The van der Waals surface area contributed by atoms with E-state index >= 15 is 0 Å². The summed E-state index contributed by atoms with van der Waals surface area (Å²) >= 11 is 0. The van der Waals surface area contributed by atoms with E-state index in [0.717, 1.165) is 25.7 Å². The van der Waals surface area contributed by atoms with Crippen LogP contribution in [0.1, 0.15) is 32.6 Å². The second kappa shape index (κ2) is 6.23. The standard InChI is InChI=1S/C13H22N2O4/c1-9-6-11(4-5-19-9)14-13(18)15(8-12(16)17)7-10-2-3-10/h9-11H,2-8H2,1H3,(H,14,18)(H,16,17). The van der Waals surface area contributed by atoms with Gasteiger partial charge in [-0.05, 0) is 38.5 Å². The van der Waals surface area contributed by atoms with E-state index in [1.54, 1.807) is 0 Å². The average Bonchev–Trinajstić information content (AvgIpc) is 3.11. The highest BCUT2D eigenvalue weighted by Gasteiger charge is 2.29. The number of urea groups is 1. The van der Waals surface area contributed by atoms with Crippen LogP contribution in [0.3, 0.4) is 0 Å². The fourth-order valence-corrected chi connectivity index (χ4v) is 2.39. The van der Waals surface area contributed by atoms with Crippen LogP contribution >= 0.6 is 0 Å². The maximum atomic E-state index is 12.1. The first-order chi connectivity index (χ1) is 9.04. The number of aliphatic carboxylic acids is 1. The van der Waals surface area contributed by atoms with E-state index in [-0.39, 0.29) is 24.7 Å². The predicted octanol–water partition coefficient (Wildman–Crippen LogP) is 1.06. The lowest BCUT2D eigenvalue weighted by Crippen LogP contribution is -2.49. The zero-order valence-corrected chi connectivity index (χ0v) is 11.3. The predicted molar refractivity (Wildman–Crippen MR) is 68.9 cm³/mol. The highest BCUT2D eigenvalue weighted by atomic mass is 16.5. The van der Waals surface area contributed by atoms with Crippen LogP contribution in [0.15, 0.2) is 0 Å². The first kappa shape index (κ1) is 14.1. The number of carbonyl (C=O) groups is 2. The van der Waals surface area contributed by atoms with E-state index in [1.807, 2.05) is 6.92 Å². The molecular weight excluding hydrogens is 248 g/mol. The monoisotopic (exact) mass is 270 g/mol. The molecule has 1 aliphatic carbocycles. The van der Waals surface area contributed by atoms with Crippen LogP contribution in [0.5, 0.6) is 0 Å². The molecular formula is C13H22N2O4. The summed E-state index contributed by atoms with van der Waals surface area (Å²) in [4.78, 5) is 24.4. The van der Waals surface area contributed by atoms with Crippen LogP contribution in [-0.4, -0.2) is 53.8 Å². The fraction of sp³-hybridized carbons (Fsp3) is 0.846. The largest absolute Gasteiger partial charge is 0.480 e. The van der Waals surface area contributed by atoms with Gasteiger partial charge < -0.3 is 20.1 Å². The summed E-state index contributed by atoms with van der Waals surface area (Å²) in [5, 5.41) is 11.8. The molecule has 1 saturated carbocycles. The number of hydrogen-bond donors (Lipinski definition) is 2. The van der Waals surface area contributed by atoms with Crippen molar-refractivity contribution in [2.24, 2.45) is 5.92 Å². The average molecular weight is 270 g/mol. The number of nitrogens with zero attached hydrogens (tertiary/aromatic N) is 1. The summed E-state index contributed by atoms with van der Waals surface area (Å²) in [5.41, 5.74) is 0. The van der Waals surface area contributed by atoms with Crippen molar-refractivity contribution >= 4 is 12.0 Å². The van der Waals surface area contributed by atoms with E-state index in [1.165, 1.54) is 4.90 Å². The second-order valence-electron chi connectivity index (χ2n) is 5.57. The van der Waals surface area contributed by atoms with Crippen molar-refractivity contribution in [3.8, 4) is 0 Å². The van der Waals surface area contributed by atoms with E-state index in [0.29, 0.717) is 19.1 Å². The summed E-state index contributed by atoms with van der Waals surface area (Å²) < 4.78 is 5.43. The molecule has 19 heavy (non-hydrogen) atoms. The highest BCUT2D eigenvalue weighted by molar-refractivity contribution is 5.80. The summed E-state index contributed by atoms with van der Waals surface area (Å²) in [6, 6.07) is -0.167. The Kier molecular flexibility index (Phi) is 4.63. The van der Waals surface area contributed by atoms with Crippen LogP contribution in [0, 0.1) is 5.92 Å². The van der Waals surface area contributed by atoms with Gasteiger partial charge in [-0.3, -0.25) is 4.79 Å². The minimum atomic E-state index is -0.962. The lowest BCUT2D eigenvalue weighted by molar-refractivity contribution is -0.137. The molecule has 2 N–H and O–H groups in total. The van der Waals surface area contributed by atoms with Crippen LogP contribution in [0.4, 0.5) is 4.79 Å². The van der Waals surface area contributed by atoms with Crippen LogP contribution in [0.2, 0.25) is 0 Å². The molecule has 1 aliphatic heterocycles. The third kappa shape index (κ3) is 4.70. The van der Waals surface area contributed by atoms with Crippen molar-refractivity contribution in [1.29, 1.82) is 0 Å². The maximum absolute atomic E-state index is 12.1. The summed E-state index contributed by atoms with van der Waals surface area (Å²) in [6.07, 6.45) is 3.92. The van der Waals surface area contributed by atoms with Gasteiger partial charge in [-0.25, -0.2) is 4.79 Å². The molecule has 2 unspecified atom stereocenters. The Morgan fingerprint density at radius 1 is 1.37 bits per heavy atom. The first-order valence-electron chi connectivity index (χ1n) is 6.93. The Morgan fingerprint density at radius 3 is 2.68 bits per heavy atom. The number of nitrogens with one attached hydrogen (secondary N) is 1. The molecule has 2 aliphatic rings. The summed E-state index contributed by atoms with van der Waals surface area (Å²) in [6.45, 7) is 2.96. The molecule has 6 nitrogen and oxygen atoms in total. The zero-order chi connectivity index (χ0) is 13.8. The van der Waals surface area contributed by atoms with Gasteiger partial charge in [0, 0.05) is 19.2 Å². The van der Waals surface area contributed by atoms with Crippen molar-refractivity contribution in [2.45, 2.75) is 44.8 Å². The highest BCUT2D eigenvalue weighted by Crippen LogP contribution is 2.29. The van der Waals surface area contributed by atoms with Gasteiger partial charge in [0.1, 0.15) is 6.54 Å². The minimum Gasteiger partial charge on any atom is -0.480 e. The summed E-state index contributed by atoms with van der Waals surface area (Å²) in [7, 11) is 0. The molecule has 1 saturated heterocycles. The number of carboxylic acids is 1. The molecule has 0 aromatic carbocycles. The molecule has 2 fully saturated rings. The Bertz CT molecular complexity index is 344. The quantitative estimate of drug-likeness (QED) is 0.783. The SMILES string of the molecule is CC1CC(NC(=O)N(CC(=O)O)CC2CC2)CCO1. The third-order valence-electron chi connectivity index (χ3n) is 3.60. The van der Waals surface area contributed by atoms with Crippen molar-refractivity contribution in [2.75, 3.05) is 19.7 Å². The van der Waals surface area contributed by atoms with Gasteiger partial charge in [-0.15, -0.1) is 0 Å². The zero-order valence-electron chi connectivity index (χ0n) is 11.3. The lowest BCUT2D eigenvalue weighted by atomic mass is 10.0. The molecule has 0 aromatic rings. The maximum Gasteiger partial charge on any atom is 0.323 e. The number of hydrogen-bond acceptors (Lipinski definition) is 3. The Labute approximate surface area is 113 Å². The lowest BCUT2D eigenvalue weighted by Gasteiger charge is -2.30. The van der Waals surface area contributed by atoms with E-state index in [9.17, 15) is 9.59 Å². The normalized spacial score (nSPS) is 26.8. The van der Waals surface area contributed by atoms with Crippen LogP contribution in [0.25, 0.3) is 0 Å². The van der Waals surface area contributed by atoms with Gasteiger partial charge in [0.2, 0.25) is 0 Å². The molecule has 0 aromatic heterocycles. The first-order valence-corrected chi connectivity index (χ1v) is 6.93. The molecule has 1 heterocycles. The molecule has 6 heteroatoms. The molecule has 108 valence electrons. The minimum absolute atomic E-state index is 0.0896. The van der Waals surface area contributed by atoms with Gasteiger partial charge in [0.25, 0.3) is 0 Å². The molecule has 0 bridgehead atoms. The van der Waals surface area contributed by atoms with E-state index in [4.69, 9.17) is 9.84 Å². The Morgan fingerprint density at radius 2 is 2.11 bits per heavy atom. The number of carboxylic acid groups (broad SMARTS) is 1. The van der Waals surface area contributed by atoms with Gasteiger partial charge in [-0.2, -0.15) is 0 Å². The molecule has 2 amide bonds. The van der Waals surface area contributed by atoms with Gasteiger partial charge in [0.05, 0.1) is 6.10 Å². The van der Waals surface area contributed by atoms with Gasteiger partial charge in [0.15, 0.2) is 0 Å². The third-order valence-corrected chi connectivity index (χ3v) is 3.60. The Balaban J connectivity index is 1.84. The number of carbonyl (C=O) groups excluding carboxylic acids is 1. The fourth-order valence-electron chi connectivity index (χ4n) is 2.39. The van der Waals surface area contributed by atoms with Crippen molar-refractivity contribution in [1.82, 2.24) is 10.2 Å². The second-order valence-corrected chi connectivity index (χ2v) is 5.57. The van der Waals surface area contributed by atoms with Crippen molar-refractivity contribution in [3.05, 3.63) is 0 Å². The number of ether oxygens (including phenoxy) is 1. The van der Waals surface area contributed by atoms with Crippen molar-refractivity contribution in [3.63, 3.8) is 0 Å². The van der Waals surface area contributed by atoms with Crippen LogP contribution in [-0.2, 0) is 9.53 Å². The number of amides is 2. The Hall–Kier alpha value is -1.30. The number of rotatable bonds is 5. The topological polar surface area (TPSA) is 78.9 Å². The van der Waals surface area contributed by atoms with E-state index in [2.05, 4.69) is 5.32 Å². The molecule has 0 radical (unpaired) electrons. The smallest absolute Gasteiger partial charge is 0.323 e. The summed E-state index contributed by atoms with van der Waals surface area (Å²) in [5.74, 6) is -0.477. The van der Waals surface area contributed by atoms with Crippen molar-refractivity contribution < 1.29 is 19.4 Å². The van der Waals surface area contributed by atoms with Gasteiger partial charge >= 0.3 is 12.0 Å². The van der Waals surface area contributed by atoms with Crippen LogP contribution < -0.4 is 5.32 Å². The van der Waals surface area contributed by atoms with E-state index < -0.39 is 5.97 Å².